The molecule has 0 radical (unpaired) electrons. The highest BCUT2D eigenvalue weighted by molar-refractivity contribution is 5.92. The highest BCUT2D eigenvalue weighted by Gasteiger charge is 2.34. The molecule has 0 saturated heterocycles. The first-order chi connectivity index (χ1) is 10.0. The van der Waals surface area contributed by atoms with Crippen molar-refractivity contribution in [1.82, 2.24) is 5.32 Å². The Morgan fingerprint density at radius 1 is 1.48 bits per heavy atom. The molecule has 1 saturated carbocycles. The lowest BCUT2D eigenvalue weighted by atomic mass is 9.77. The van der Waals surface area contributed by atoms with Crippen LogP contribution >= 0.6 is 0 Å². The second kappa shape index (κ2) is 6.85. The summed E-state index contributed by atoms with van der Waals surface area (Å²) in [5, 5.41) is 12.5. The molecule has 1 aromatic carbocycles. The van der Waals surface area contributed by atoms with Gasteiger partial charge in [0.25, 0.3) is 0 Å². The van der Waals surface area contributed by atoms with Crippen molar-refractivity contribution in [2.75, 3.05) is 6.61 Å². The van der Waals surface area contributed by atoms with Gasteiger partial charge in [0.05, 0.1) is 12.1 Å². The normalized spacial score (nSPS) is 26.0. The van der Waals surface area contributed by atoms with E-state index in [-0.39, 0.29) is 18.3 Å². The largest absolute Gasteiger partial charge is 0.394 e. The molecule has 3 nitrogen and oxygen atoms in total. The van der Waals surface area contributed by atoms with E-state index in [0.717, 1.165) is 25.7 Å². The van der Waals surface area contributed by atoms with Crippen molar-refractivity contribution in [2.24, 2.45) is 5.92 Å². The molecule has 21 heavy (non-hydrogen) atoms. The van der Waals surface area contributed by atoms with Crippen LogP contribution in [-0.4, -0.2) is 23.2 Å². The van der Waals surface area contributed by atoms with E-state index in [4.69, 9.17) is 0 Å². The van der Waals surface area contributed by atoms with Crippen molar-refractivity contribution in [2.45, 2.75) is 38.1 Å². The van der Waals surface area contributed by atoms with Gasteiger partial charge >= 0.3 is 0 Å². The number of carbonyl (C=O) groups excluding carboxylic acids is 1. The SMILES string of the molecule is CC1CCC(CO)(NC(=O)C=Cc2cccc(F)c2)CC1. The van der Waals surface area contributed by atoms with E-state index in [0.29, 0.717) is 11.5 Å². The summed E-state index contributed by atoms with van der Waals surface area (Å²) in [4.78, 5) is 12.0. The third-order valence-electron chi connectivity index (χ3n) is 4.20. The van der Waals surface area contributed by atoms with Gasteiger partial charge in [0.1, 0.15) is 5.82 Å². The van der Waals surface area contributed by atoms with Crippen LogP contribution in [0.25, 0.3) is 6.08 Å². The maximum atomic E-state index is 13.0. The molecule has 1 aliphatic carbocycles. The van der Waals surface area contributed by atoms with Crippen LogP contribution in [0.4, 0.5) is 4.39 Å². The van der Waals surface area contributed by atoms with E-state index in [1.165, 1.54) is 18.2 Å². The highest BCUT2D eigenvalue weighted by atomic mass is 19.1. The van der Waals surface area contributed by atoms with Gasteiger partial charge in [-0.1, -0.05) is 19.1 Å². The maximum Gasteiger partial charge on any atom is 0.244 e. The fourth-order valence-corrected chi connectivity index (χ4v) is 2.72. The predicted octanol–water partition coefficient (Wildman–Crippen LogP) is 2.90. The van der Waals surface area contributed by atoms with Crippen LogP contribution in [0.3, 0.4) is 0 Å². The number of halogens is 1. The Kier molecular flexibility index (Phi) is 5.12. The van der Waals surface area contributed by atoms with Gasteiger partial charge in [-0.25, -0.2) is 4.39 Å². The lowest BCUT2D eigenvalue weighted by Crippen LogP contribution is -2.52. The first-order valence-electron chi connectivity index (χ1n) is 7.40. The zero-order valence-corrected chi connectivity index (χ0v) is 12.3. The molecule has 0 spiro atoms. The number of amides is 1. The fourth-order valence-electron chi connectivity index (χ4n) is 2.72. The second-order valence-corrected chi connectivity index (χ2v) is 6.00. The van der Waals surface area contributed by atoms with Crippen LogP contribution in [-0.2, 0) is 4.79 Å². The van der Waals surface area contributed by atoms with Crippen molar-refractivity contribution >= 4 is 12.0 Å². The topological polar surface area (TPSA) is 49.3 Å². The molecule has 0 unspecified atom stereocenters. The number of carbonyl (C=O) groups is 1. The van der Waals surface area contributed by atoms with Gasteiger partial charge < -0.3 is 10.4 Å². The summed E-state index contributed by atoms with van der Waals surface area (Å²) in [6.45, 7) is 2.15. The Hall–Kier alpha value is -1.68. The Morgan fingerprint density at radius 3 is 2.81 bits per heavy atom. The van der Waals surface area contributed by atoms with Crippen molar-refractivity contribution in [3.63, 3.8) is 0 Å². The summed E-state index contributed by atoms with van der Waals surface area (Å²) in [5.74, 6) is 0.0675. The molecule has 0 atom stereocenters. The van der Waals surface area contributed by atoms with E-state index in [2.05, 4.69) is 12.2 Å². The van der Waals surface area contributed by atoms with Gasteiger partial charge in [-0.2, -0.15) is 0 Å². The van der Waals surface area contributed by atoms with E-state index in [1.54, 1.807) is 18.2 Å². The Morgan fingerprint density at radius 2 is 2.19 bits per heavy atom. The minimum absolute atomic E-state index is 0.0424. The van der Waals surface area contributed by atoms with Gasteiger partial charge in [-0.05, 0) is 55.4 Å². The minimum Gasteiger partial charge on any atom is -0.394 e. The third-order valence-corrected chi connectivity index (χ3v) is 4.20. The number of nitrogens with one attached hydrogen (secondary N) is 1. The van der Waals surface area contributed by atoms with Gasteiger partial charge in [0, 0.05) is 6.08 Å². The Labute approximate surface area is 124 Å². The number of rotatable bonds is 4. The van der Waals surface area contributed by atoms with Crippen LogP contribution in [0.2, 0.25) is 0 Å². The molecule has 2 N–H and O–H groups in total. The van der Waals surface area contributed by atoms with Crippen LogP contribution in [0.5, 0.6) is 0 Å². The van der Waals surface area contributed by atoms with Gasteiger partial charge in [0.2, 0.25) is 5.91 Å². The first-order valence-corrected chi connectivity index (χ1v) is 7.40. The van der Waals surface area contributed by atoms with Crippen molar-refractivity contribution in [3.05, 3.63) is 41.7 Å². The number of aliphatic hydroxyl groups excluding tert-OH is 1. The lowest BCUT2D eigenvalue weighted by Gasteiger charge is -2.38. The van der Waals surface area contributed by atoms with Crippen LogP contribution < -0.4 is 5.32 Å². The van der Waals surface area contributed by atoms with E-state index >= 15 is 0 Å². The van der Waals surface area contributed by atoms with E-state index < -0.39 is 5.54 Å². The minimum atomic E-state index is -0.504. The second-order valence-electron chi connectivity index (χ2n) is 6.00. The standard InChI is InChI=1S/C17H22FNO2/c1-13-7-9-17(12-20,10-8-13)19-16(21)6-5-14-3-2-4-15(18)11-14/h2-6,11,13,20H,7-10,12H2,1H3,(H,19,21). The molecule has 1 aliphatic rings. The molecular formula is C17H22FNO2. The van der Waals surface area contributed by atoms with Crippen molar-refractivity contribution < 1.29 is 14.3 Å². The molecule has 1 fully saturated rings. The number of benzene rings is 1. The summed E-state index contributed by atoms with van der Waals surface area (Å²) < 4.78 is 13.0. The van der Waals surface area contributed by atoms with Gasteiger partial charge in [-0.3, -0.25) is 4.79 Å². The van der Waals surface area contributed by atoms with E-state index in [1.807, 2.05) is 0 Å². The van der Waals surface area contributed by atoms with E-state index in [9.17, 15) is 14.3 Å². The van der Waals surface area contributed by atoms with Crippen LogP contribution in [0, 0.1) is 11.7 Å². The molecule has 0 aliphatic heterocycles. The Balaban J connectivity index is 1.97. The predicted molar refractivity (Wildman–Crippen MR) is 81.0 cm³/mol. The zero-order valence-electron chi connectivity index (χ0n) is 12.3. The summed E-state index contributed by atoms with van der Waals surface area (Å²) in [7, 11) is 0. The number of aliphatic hydroxyl groups is 1. The van der Waals surface area contributed by atoms with Crippen LogP contribution in [0.15, 0.2) is 30.3 Å². The average Bonchev–Trinajstić information content (AvgIpc) is 2.48. The molecule has 1 aromatic rings. The molecule has 0 bridgehead atoms. The van der Waals surface area contributed by atoms with Crippen molar-refractivity contribution in [1.29, 1.82) is 0 Å². The molecule has 114 valence electrons. The zero-order chi connectivity index (χ0) is 15.3. The number of hydrogen-bond acceptors (Lipinski definition) is 2. The van der Waals surface area contributed by atoms with Gasteiger partial charge in [0.15, 0.2) is 0 Å². The molecular weight excluding hydrogens is 269 g/mol. The average molecular weight is 291 g/mol. The first kappa shape index (κ1) is 15.7. The molecule has 0 heterocycles. The molecule has 2 rings (SSSR count). The fraction of sp³-hybridized carbons (Fsp3) is 0.471. The summed E-state index contributed by atoms with van der Waals surface area (Å²) in [6.07, 6.45) is 6.58. The summed E-state index contributed by atoms with van der Waals surface area (Å²) in [5.41, 5.74) is 0.135. The highest BCUT2D eigenvalue weighted by Crippen LogP contribution is 2.31. The third kappa shape index (κ3) is 4.39. The number of hydrogen-bond donors (Lipinski definition) is 2. The molecule has 0 aromatic heterocycles. The van der Waals surface area contributed by atoms with Gasteiger partial charge in [-0.15, -0.1) is 0 Å². The summed E-state index contributed by atoms with van der Waals surface area (Å²) in [6, 6.07) is 6.07. The smallest absolute Gasteiger partial charge is 0.244 e. The van der Waals surface area contributed by atoms with Crippen molar-refractivity contribution in [3.8, 4) is 0 Å². The van der Waals surface area contributed by atoms with Crippen LogP contribution in [0.1, 0.15) is 38.2 Å². The summed E-state index contributed by atoms with van der Waals surface area (Å²) >= 11 is 0. The quantitative estimate of drug-likeness (QED) is 0.838. The molecule has 1 amide bonds. The Bertz CT molecular complexity index is 519. The maximum absolute atomic E-state index is 13.0. The monoisotopic (exact) mass is 291 g/mol. The lowest BCUT2D eigenvalue weighted by molar-refractivity contribution is -0.119. The molecule has 4 heteroatoms.